The highest BCUT2D eigenvalue weighted by Gasteiger charge is 2.40. The molecule has 1 heterocycles. The minimum absolute atomic E-state index is 0.309. The molecule has 16 heavy (non-hydrogen) atoms. The zero-order valence-electron chi connectivity index (χ0n) is 10.1. The Morgan fingerprint density at radius 2 is 1.56 bits per heavy atom. The van der Waals surface area contributed by atoms with Crippen LogP contribution in [0.3, 0.4) is 0 Å². The van der Waals surface area contributed by atoms with Gasteiger partial charge in [0.15, 0.2) is 0 Å². The Bertz CT molecular complexity index is 348. The Balaban J connectivity index is 2.90. The summed E-state index contributed by atoms with van der Waals surface area (Å²) in [5, 5.41) is 0. The van der Waals surface area contributed by atoms with Crippen LogP contribution in [0.25, 0.3) is 0 Å². The van der Waals surface area contributed by atoms with Gasteiger partial charge in [0.05, 0.1) is 0 Å². The predicted octanol–water partition coefficient (Wildman–Crippen LogP) is 1.31. The van der Waals surface area contributed by atoms with Crippen molar-refractivity contribution in [3.05, 3.63) is 12.2 Å². The molecule has 0 aromatic heterocycles. The largest absolute Gasteiger partial charge is 0.303 e. The number of hydrogen-bond donors (Lipinski definition) is 0. The molecule has 0 atom stereocenters. The first-order chi connectivity index (χ1) is 7.19. The van der Waals surface area contributed by atoms with E-state index in [0.717, 1.165) is 6.29 Å². The van der Waals surface area contributed by atoms with Crippen LogP contribution in [-0.2, 0) is 14.4 Å². The Hall–Kier alpha value is -1.45. The van der Waals surface area contributed by atoms with Crippen LogP contribution in [-0.4, -0.2) is 28.5 Å². The Kier molecular flexibility index (Phi) is 3.03. The molecule has 0 bridgehead atoms. The summed E-state index contributed by atoms with van der Waals surface area (Å²) in [5.41, 5.74) is -1.20. The smallest absolute Gasteiger partial charge is 0.254 e. The van der Waals surface area contributed by atoms with Gasteiger partial charge in [-0.3, -0.25) is 14.5 Å². The van der Waals surface area contributed by atoms with Gasteiger partial charge in [-0.1, -0.05) is 13.8 Å². The summed E-state index contributed by atoms with van der Waals surface area (Å²) in [6.07, 6.45) is 3.83. The maximum atomic E-state index is 11.5. The van der Waals surface area contributed by atoms with E-state index in [2.05, 4.69) is 0 Å². The maximum absolute atomic E-state index is 11.5. The zero-order valence-corrected chi connectivity index (χ0v) is 10.1. The number of nitrogens with zero attached hydrogens (tertiary/aromatic N) is 1. The average Bonchev–Trinajstić information content (AvgIpc) is 2.44. The van der Waals surface area contributed by atoms with Crippen molar-refractivity contribution in [3.8, 4) is 0 Å². The van der Waals surface area contributed by atoms with Gasteiger partial charge in [0.1, 0.15) is 6.29 Å². The Morgan fingerprint density at radius 1 is 1.12 bits per heavy atom. The van der Waals surface area contributed by atoms with Crippen molar-refractivity contribution in [1.29, 1.82) is 0 Å². The number of hydrogen-bond acceptors (Lipinski definition) is 3. The molecule has 1 aliphatic rings. The fourth-order valence-corrected chi connectivity index (χ4v) is 2.23. The molecule has 0 fully saturated rings. The quantitative estimate of drug-likeness (QED) is 0.533. The van der Waals surface area contributed by atoms with E-state index in [0.29, 0.717) is 6.42 Å². The summed E-state index contributed by atoms with van der Waals surface area (Å²) >= 11 is 0. The van der Waals surface area contributed by atoms with E-state index in [9.17, 15) is 14.4 Å². The molecule has 1 rings (SSSR count). The van der Waals surface area contributed by atoms with Gasteiger partial charge < -0.3 is 4.79 Å². The highest BCUT2D eigenvalue weighted by atomic mass is 16.2. The second-order valence-electron chi connectivity index (χ2n) is 5.44. The number of carbonyl (C=O) groups is 3. The third kappa shape index (κ3) is 2.38. The lowest BCUT2D eigenvalue weighted by molar-refractivity contribution is -0.144. The van der Waals surface area contributed by atoms with Gasteiger partial charge in [-0.15, -0.1) is 0 Å². The van der Waals surface area contributed by atoms with Gasteiger partial charge in [-0.25, -0.2) is 0 Å². The molecule has 0 aromatic rings. The van der Waals surface area contributed by atoms with E-state index in [4.69, 9.17) is 0 Å². The second-order valence-corrected chi connectivity index (χ2v) is 5.44. The highest BCUT2D eigenvalue weighted by molar-refractivity contribution is 6.13. The van der Waals surface area contributed by atoms with Crippen LogP contribution < -0.4 is 0 Å². The standard InChI is InChI=1S/C12H17NO3/c1-11(2,8-14)7-12(3,4)13-9(15)5-6-10(13)16/h5-6,8H,7H2,1-4H3. The molecule has 1 aliphatic heterocycles. The lowest BCUT2D eigenvalue weighted by Gasteiger charge is -2.38. The molecule has 0 aliphatic carbocycles. The molecule has 4 heteroatoms. The van der Waals surface area contributed by atoms with Crippen molar-refractivity contribution in [2.45, 2.75) is 39.7 Å². The van der Waals surface area contributed by atoms with Crippen LogP contribution >= 0.6 is 0 Å². The zero-order chi connectivity index (χ0) is 12.6. The first kappa shape index (κ1) is 12.6. The van der Waals surface area contributed by atoms with Crippen molar-refractivity contribution in [3.63, 3.8) is 0 Å². The van der Waals surface area contributed by atoms with Crippen molar-refractivity contribution >= 4 is 18.1 Å². The van der Waals surface area contributed by atoms with E-state index < -0.39 is 11.0 Å². The van der Waals surface area contributed by atoms with Gasteiger partial charge in [-0.2, -0.15) is 0 Å². The van der Waals surface area contributed by atoms with E-state index in [1.807, 2.05) is 0 Å². The molecule has 0 N–H and O–H groups in total. The number of rotatable bonds is 4. The van der Waals surface area contributed by atoms with E-state index in [-0.39, 0.29) is 11.8 Å². The van der Waals surface area contributed by atoms with Crippen LogP contribution in [0.2, 0.25) is 0 Å². The monoisotopic (exact) mass is 223 g/mol. The van der Waals surface area contributed by atoms with E-state index in [1.54, 1.807) is 27.7 Å². The summed E-state index contributed by atoms with van der Waals surface area (Å²) in [6, 6.07) is 0. The Morgan fingerprint density at radius 3 is 1.94 bits per heavy atom. The second kappa shape index (κ2) is 3.85. The van der Waals surface area contributed by atoms with Crippen LogP contribution in [0.5, 0.6) is 0 Å². The van der Waals surface area contributed by atoms with Crippen molar-refractivity contribution < 1.29 is 14.4 Å². The molecule has 0 unspecified atom stereocenters. The average molecular weight is 223 g/mol. The van der Waals surface area contributed by atoms with Crippen molar-refractivity contribution in [2.75, 3.05) is 0 Å². The van der Waals surface area contributed by atoms with Crippen LogP contribution in [0.15, 0.2) is 12.2 Å². The number of aldehydes is 1. The molecular formula is C12H17NO3. The lowest BCUT2D eigenvalue weighted by atomic mass is 9.80. The summed E-state index contributed by atoms with van der Waals surface area (Å²) in [7, 11) is 0. The minimum atomic E-state index is -0.651. The van der Waals surface area contributed by atoms with Gasteiger partial charge in [-0.05, 0) is 20.3 Å². The molecular weight excluding hydrogens is 206 g/mol. The molecule has 0 saturated heterocycles. The summed E-state index contributed by atoms with van der Waals surface area (Å²) in [5.74, 6) is -0.617. The third-order valence-electron chi connectivity index (χ3n) is 2.62. The molecule has 0 spiro atoms. The summed E-state index contributed by atoms with van der Waals surface area (Å²) < 4.78 is 0. The van der Waals surface area contributed by atoms with Crippen LogP contribution in [0.4, 0.5) is 0 Å². The van der Waals surface area contributed by atoms with Crippen LogP contribution in [0, 0.1) is 5.41 Å². The third-order valence-corrected chi connectivity index (χ3v) is 2.62. The number of carbonyl (C=O) groups excluding carboxylic acids is 3. The normalized spacial score (nSPS) is 17.1. The molecule has 0 radical (unpaired) electrons. The number of amides is 2. The molecule has 4 nitrogen and oxygen atoms in total. The first-order valence-corrected chi connectivity index (χ1v) is 5.22. The fraction of sp³-hybridized carbons (Fsp3) is 0.583. The SMILES string of the molecule is CC(C)(C=O)CC(C)(C)N1C(=O)C=CC1=O. The topological polar surface area (TPSA) is 54.5 Å². The van der Waals surface area contributed by atoms with Gasteiger partial charge in [0.25, 0.3) is 11.8 Å². The highest BCUT2D eigenvalue weighted by Crippen LogP contribution is 2.31. The van der Waals surface area contributed by atoms with Gasteiger partial charge >= 0.3 is 0 Å². The predicted molar refractivity (Wildman–Crippen MR) is 59.5 cm³/mol. The minimum Gasteiger partial charge on any atom is -0.303 e. The lowest BCUT2D eigenvalue weighted by Crippen LogP contribution is -2.50. The number of imide groups is 1. The van der Waals surface area contributed by atoms with Gasteiger partial charge in [0.2, 0.25) is 0 Å². The van der Waals surface area contributed by atoms with Gasteiger partial charge in [0, 0.05) is 23.1 Å². The summed E-state index contributed by atoms with van der Waals surface area (Å²) in [6.45, 7) is 7.17. The van der Waals surface area contributed by atoms with Crippen LogP contribution in [0.1, 0.15) is 34.1 Å². The van der Waals surface area contributed by atoms with E-state index >= 15 is 0 Å². The Labute approximate surface area is 95.3 Å². The molecule has 88 valence electrons. The fourth-order valence-electron chi connectivity index (χ4n) is 2.23. The summed E-state index contributed by atoms with van der Waals surface area (Å²) in [4.78, 5) is 35.2. The van der Waals surface area contributed by atoms with E-state index in [1.165, 1.54) is 17.1 Å². The van der Waals surface area contributed by atoms with Crippen molar-refractivity contribution in [1.82, 2.24) is 4.90 Å². The van der Waals surface area contributed by atoms with Crippen molar-refractivity contribution in [2.24, 2.45) is 5.41 Å². The molecule has 0 saturated carbocycles. The molecule has 2 amide bonds. The molecule has 0 aromatic carbocycles. The maximum Gasteiger partial charge on any atom is 0.254 e. The first-order valence-electron chi connectivity index (χ1n) is 5.22.